The van der Waals surface area contributed by atoms with Gasteiger partial charge in [-0.05, 0) is 22.8 Å². The monoisotopic (exact) mass is 311 g/mol. The molecule has 2 aromatic rings. The number of nitrogens with one attached hydrogen (secondary N) is 2. The molecule has 1 heterocycles. The summed E-state index contributed by atoms with van der Waals surface area (Å²) < 4.78 is 6.56. The van der Waals surface area contributed by atoms with Crippen molar-refractivity contribution in [3.8, 4) is 11.5 Å². The Hall–Kier alpha value is -2.26. The molecule has 0 atom stereocenters. The quantitative estimate of drug-likeness (QED) is 0.369. The smallest absolute Gasteiger partial charge is 0.315 e. The number of benzene rings is 1. The van der Waals surface area contributed by atoms with Crippen molar-refractivity contribution in [2.75, 3.05) is 12.4 Å². The van der Waals surface area contributed by atoms with E-state index in [2.05, 4.69) is 15.4 Å². The molecule has 0 saturated carbocycles. The van der Waals surface area contributed by atoms with Gasteiger partial charge in [0.05, 0.1) is 10.6 Å². The fourth-order valence-electron chi connectivity index (χ4n) is 1.59. The van der Waals surface area contributed by atoms with Crippen LogP contribution in [0.1, 0.15) is 6.92 Å². The Bertz CT molecular complexity index is 659. The first-order chi connectivity index (χ1) is 9.99. The molecule has 0 saturated heterocycles. The molecule has 0 bridgehead atoms. The van der Waals surface area contributed by atoms with E-state index in [9.17, 15) is 15.0 Å². The molecule has 0 aliphatic carbocycles. The molecule has 0 aliphatic rings. The van der Waals surface area contributed by atoms with Crippen molar-refractivity contribution >= 4 is 23.4 Å². The predicted octanol–water partition coefficient (Wildman–Crippen LogP) is 0.822. The summed E-state index contributed by atoms with van der Waals surface area (Å²) in [5.74, 6) is -0.546. The van der Waals surface area contributed by atoms with Gasteiger partial charge in [-0.1, -0.05) is 0 Å². The Kier molecular flexibility index (Phi) is 4.66. The molecule has 0 fully saturated rings. The average Bonchev–Trinajstić information content (AvgIpc) is 2.83. The largest absolute Gasteiger partial charge is 0.507 e. The molecule has 112 valence electrons. The van der Waals surface area contributed by atoms with Gasteiger partial charge in [-0.2, -0.15) is 5.10 Å². The van der Waals surface area contributed by atoms with E-state index >= 15 is 0 Å². The lowest BCUT2D eigenvalue weighted by Gasteiger charge is -2.08. The fraction of sp³-hybridized carbons (Fsp3) is 0.250. The molecule has 8 nitrogen and oxygen atoms in total. The second-order valence-electron chi connectivity index (χ2n) is 4.17. The van der Waals surface area contributed by atoms with E-state index in [1.54, 1.807) is 18.1 Å². The number of carbonyl (C=O) groups excluding carboxylic acids is 1. The van der Waals surface area contributed by atoms with E-state index in [1.807, 2.05) is 0 Å². The number of aromatic nitrogens is 3. The van der Waals surface area contributed by atoms with Crippen LogP contribution >= 0.6 is 11.8 Å². The van der Waals surface area contributed by atoms with Crippen molar-refractivity contribution in [1.29, 1.82) is 0 Å². The number of methoxy groups -OCH3 is 1. The minimum absolute atomic E-state index is 0.0729. The molecule has 1 amide bonds. The number of phenols is 2. The second kappa shape index (κ2) is 6.46. The van der Waals surface area contributed by atoms with Gasteiger partial charge in [-0.15, -0.1) is 4.68 Å². The molecule has 1 aromatic carbocycles. The van der Waals surface area contributed by atoms with Gasteiger partial charge in [0.25, 0.3) is 0 Å². The summed E-state index contributed by atoms with van der Waals surface area (Å²) in [6, 6.07) is 2.64. The number of ether oxygens (including phenoxy) is 1. The van der Waals surface area contributed by atoms with Gasteiger partial charge in [-0.3, -0.25) is 4.79 Å². The number of carbonyl (C=O) groups is 1. The average molecular weight is 311 g/mol. The summed E-state index contributed by atoms with van der Waals surface area (Å²) in [6.45, 7) is 1.64. The van der Waals surface area contributed by atoms with E-state index in [4.69, 9.17) is 4.74 Å². The summed E-state index contributed by atoms with van der Waals surface area (Å²) >= 11 is 1.14. The third kappa shape index (κ3) is 3.86. The number of hydrogen-bond acceptors (Lipinski definition) is 6. The lowest BCUT2D eigenvalue weighted by Crippen LogP contribution is -2.35. The van der Waals surface area contributed by atoms with Crippen LogP contribution in [-0.2, 0) is 16.3 Å². The maximum atomic E-state index is 11.0. The Balaban J connectivity index is 2.19. The van der Waals surface area contributed by atoms with E-state index in [0.29, 0.717) is 16.8 Å². The van der Waals surface area contributed by atoms with Gasteiger partial charge in [0, 0.05) is 20.1 Å². The number of phenolic OH excluding ortho intramolecular Hbond substituents is 2. The molecule has 0 unspecified atom stereocenters. The Morgan fingerprint density at radius 3 is 2.90 bits per heavy atom. The van der Waals surface area contributed by atoms with Crippen molar-refractivity contribution < 1.29 is 24.4 Å². The number of nitrogens with zero attached hydrogens (tertiary/aromatic N) is 2. The number of aromatic hydroxyl groups is 2. The molecular weight excluding hydrogens is 296 g/mol. The van der Waals surface area contributed by atoms with Gasteiger partial charge in [0.15, 0.2) is 0 Å². The number of aromatic amines is 1. The van der Waals surface area contributed by atoms with Crippen LogP contribution in [0.2, 0.25) is 0 Å². The summed E-state index contributed by atoms with van der Waals surface area (Å²) in [5.41, 5.74) is 0.151. The lowest BCUT2D eigenvalue weighted by atomic mass is 10.2. The zero-order valence-electron chi connectivity index (χ0n) is 11.5. The summed E-state index contributed by atoms with van der Waals surface area (Å²) in [6.07, 6.45) is 1.55. The number of hydrogen-bond donors (Lipinski definition) is 4. The van der Waals surface area contributed by atoms with Gasteiger partial charge in [0.1, 0.15) is 11.5 Å². The minimum atomic E-state index is -0.336. The van der Waals surface area contributed by atoms with E-state index in [0.717, 1.165) is 11.8 Å². The first kappa shape index (κ1) is 15.1. The molecule has 0 aliphatic heterocycles. The van der Waals surface area contributed by atoms with Crippen molar-refractivity contribution in [3.63, 3.8) is 0 Å². The zero-order chi connectivity index (χ0) is 15.4. The zero-order valence-corrected chi connectivity index (χ0v) is 12.3. The van der Waals surface area contributed by atoms with E-state index in [1.165, 1.54) is 19.1 Å². The fourth-order valence-corrected chi connectivity index (χ4v) is 2.40. The number of amides is 1. The summed E-state index contributed by atoms with van der Waals surface area (Å²) in [5, 5.41) is 25.7. The van der Waals surface area contributed by atoms with E-state index in [-0.39, 0.29) is 23.1 Å². The van der Waals surface area contributed by atoms with Gasteiger partial charge in [-0.25, -0.2) is 0 Å². The van der Waals surface area contributed by atoms with Gasteiger partial charge >= 0.3 is 11.5 Å². The van der Waals surface area contributed by atoms with Crippen LogP contribution < -0.4 is 10.00 Å². The molecule has 21 heavy (non-hydrogen) atoms. The molecule has 0 spiro atoms. The van der Waals surface area contributed by atoms with Gasteiger partial charge in [0.2, 0.25) is 12.6 Å². The minimum Gasteiger partial charge on any atom is -0.507 e. The third-order valence-corrected chi connectivity index (χ3v) is 3.35. The molecule has 1 aromatic heterocycles. The van der Waals surface area contributed by atoms with Crippen LogP contribution in [0.5, 0.6) is 11.5 Å². The molecule has 2 rings (SSSR count). The third-order valence-electron chi connectivity index (χ3n) is 2.42. The number of rotatable bonds is 5. The molecule has 0 radical (unpaired) electrons. The molecule has 9 heteroatoms. The molecule has 4 N–H and O–H groups in total. The predicted molar refractivity (Wildman–Crippen MR) is 74.0 cm³/mol. The summed E-state index contributed by atoms with van der Waals surface area (Å²) in [4.78, 5) is 15.5. The van der Waals surface area contributed by atoms with Gasteiger partial charge < -0.3 is 20.3 Å². The van der Waals surface area contributed by atoms with Crippen LogP contribution in [0.3, 0.4) is 0 Å². The maximum absolute atomic E-state index is 11.0. The lowest BCUT2D eigenvalue weighted by molar-refractivity contribution is -0.783. The topological polar surface area (TPSA) is 111 Å². The first-order valence-corrected chi connectivity index (χ1v) is 6.76. The highest BCUT2D eigenvalue weighted by Gasteiger charge is 2.16. The highest BCUT2D eigenvalue weighted by molar-refractivity contribution is 7.99. The van der Waals surface area contributed by atoms with Crippen molar-refractivity contribution in [1.82, 2.24) is 10.1 Å². The number of H-pyrrole nitrogens is 1. The van der Waals surface area contributed by atoms with Crippen molar-refractivity contribution in [3.05, 3.63) is 18.5 Å². The highest BCUT2D eigenvalue weighted by Crippen LogP contribution is 2.39. The van der Waals surface area contributed by atoms with E-state index < -0.39 is 0 Å². The van der Waals surface area contributed by atoms with Crippen LogP contribution in [0.15, 0.2) is 28.5 Å². The number of anilines is 1. The van der Waals surface area contributed by atoms with Crippen LogP contribution in [0, 0.1) is 0 Å². The molecular formula is C12H15N4O4S+. The van der Waals surface area contributed by atoms with Crippen LogP contribution in [0.4, 0.5) is 5.69 Å². The first-order valence-electron chi connectivity index (χ1n) is 5.94. The normalized spacial score (nSPS) is 10.6. The standard InChI is InChI=1S/C12H14N4O4S/c1-7(17)14-8-3-10(19)11(4-9(8)18)21-12-13-5-16(15-12)6-20-2/h3-5H,6H2,1-2H3,(H3,14,17,18,19)/p+1. The van der Waals surface area contributed by atoms with Crippen LogP contribution in [0.25, 0.3) is 0 Å². The Labute approximate surface area is 124 Å². The maximum Gasteiger partial charge on any atom is 0.315 e. The summed E-state index contributed by atoms with van der Waals surface area (Å²) in [7, 11) is 1.56. The highest BCUT2D eigenvalue weighted by atomic mass is 32.2. The Morgan fingerprint density at radius 1 is 1.48 bits per heavy atom. The Morgan fingerprint density at radius 2 is 2.24 bits per heavy atom. The van der Waals surface area contributed by atoms with Crippen molar-refractivity contribution in [2.24, 2.45) is 0 Å². The second-order valence-corrected chi connectivity index (χ2v) is 5.20. The van der Waals surface area contributed by atoms with Crippen molar-refractivity contribution in [2.45, 2.75) is 23.7 Å². The SMILES string of the molecule is COC[n+]1cnc(Sc2cc(O)c(NC(C)=O)cc2O)[nH]1. The van der Waals surface area contributed by atoms with Crippen LogP contribution in [-0.4, -0.2) is 33.3 Å².